The monoisotopic (exact) mass is 351 g/mol. The van der Waals surface area contributed by atoms with Crippen molar-refractivity contribution in [1.82, 2.24) is 5.43 Å². The van der Waals surface area contributed by atoms with E-state index in [1.807, 2.05) is 18.2 Å². The summed E-state index contributed by atoms with van der Waals surface area (Å²) in [6.07, 6.45) is 0.407. The topological polar surface area (TPSA) is 104 Å². The lowest BCUT2D eigenvalue weighted by Gasteiger charge is -2.15. The average molecular weight is 351 g/mol. The van der Waals surface area contributed by atoms with Crippen LogP contribution in [-0.2, 0) is 4.79 Å². The van der Waals surface area contributed by atoms with Crippen molar-refractivity contribution in [3.8, 4) is 5.75 Å². The molecule has 1 amide bonds. The van der Waals surface area contributed by atoms with Gasteiger partial charge in [-0.15, -0.1) is 0 Å². The number of carboxylic acid groups (broad SMARTS) is 1. The van der Waals surface area contributed by atoms with Crippen molar-refractivity contribution in [2.45, 2.75) is 13.0 Å². The summed E-state index contributed by atoms with van der Waals surface area (Å²) in [5, 5.41) is 15.4. The van der Waals surface area contributed by atoms with Gasteiger partial charge in [0.25, 0.3) is 0 Å². The standard InChI is InChI=1S/C19H16N2O5/c1-12(19(23)24)25-15-8-6-13(7-9-15)11-20-21-18(22)17-10-14-4-2-3-5-16(14)26-17/h2-12H,1H3,(H,21,22)(H,23,24)/p-1/b20-11-/t12-/m1/s1. The molecule has 0 aliphatic carbocycles. The quantitative estimate of drug-likeness (QED) is 0.538. The van der Waals surface area contributed by atoms with Crippen LogP contribution in [0.15, 0.2) is 64.1 Å². The van der Waals surface area contributed by atoms with Crippen LogP contribution in [0.5, 0.6) is 5.75 Å². The molecule has 132 valence electrons. The largest absolute Gasteiger partial charge is 0.546 e. The van der Waals surface area contributed by atoms with Crippen molar-refractivity contribution >= 4 is 29.1 Å². The summed E-state index contributed by atoms with van der Waals surface area (Å²) in [5.74, 6) is -1.18. The van der Waals surface area contributed by atoms with Gasteiger partial charge in [0.1, 0.15) is 17.4 Å². The van der Waals surface area contributed by atoms with Crippen LogP contribution in [-0.4, -0.2) is 24.2 Å². The SMILES string of the molecule is C[C@@H](Oc1ccc(/C=N\NC(=O)c2cc3ccccc3o2)cc1)C(=O)[O-]. The van der Waals surface area contributed by atoms with Gasteiger partial charge >= 0.3 is 5.91 Å². The highest BCUT2D eigenvalue weighted by Crippen LogP contribution is 2.18. The Morgan fingerprint density at radius 3 is 2.62 bits per heavy atom. The van der Waals surface area contributed by atoms with Crippen molar-refractivity contribution in [2.24, 2.45) is 5.10 Å². The Bertz CT molecular complexity index is 926. The van der Waals surface area contributed by atoms with Crippen molar-refractivity contribution in [1.29, 1.82) is 0 Å². The highest BCUT2D eigenvalue weighted by Gasteiger charge is 2.10. The lowest BCUT2D eigenvalue weighted by molar-refractivity contribution is -0.312. The molecule has 0 unspecified atom stereocenters. The van der Waals surface area contributed by atoms with Gasteiger partial charge in [-0.2, -0.15) is 5.10 Å². The van der Waals surface area contributed by atoms with Crippen molar-refractivity contribution in [3.05, 3.63) is 65.9 Å². The second-order valence-corrected chi connectivity index (χ2v) is 5.50. The number of hydrogen-bond donors (Lipinski definition) is 1. The number of ether oxygens (including phenoxy) is 1. The van der Waals surface area contributed by atoms with E-state index in [-0.39, 0.29) is 5.76 Å². The number of hydrazone groups is 1. The first kappa shape index (κ1) is 17.2. The van der Waals surface area contributed by atoms with Gasteiger partial charge in [0, 0.05) is 5.39 Å². The Morgan fingerprint density at radius 1 is 1.19 bits per heavy atom. The fourth-order valence-corrected chi connectivity index (χ4v) is 2.20. The number of carbonyl (C=O) groups excluding carboxylic acids is 2. The summed E-state index contributed by atoms with van der Waals surface area (Å²) in [5.41, 5.74) is 3.72. The van der Waals surface area contributed by atoms with Gasteiger partial charge in [0.15, 0.2) is 5.76 Å². The molecule has 2 aromatic carbocycles. The van der Waals surface area contributed by atoms with Gasteiger partial charge in [0.05, 0.1) is 12.2 Å². The zero-order chi connectivity index (χ0) is 18.5. The van der Waals surface area contributed by atoms with Crippen LogP contribution in [0.3, 0.4) is 0 Å². The number of carboxylic acids is 1. The van der Waals surface area contributed by atoms with Crippen LogP contribution in [0, 0.1) is 0 Å². The molecule has 0 radical (unpaired) electrons. The molecule has 26 heavy (non-hydrogen) atoms. The number of fused-ring (bicyclic) bond motifs is 1. The van der Waals surface area contributed by atoms with E-state index in [9.17, 15) is 14.7 Å². The van der Waals surface area contributed by atoms with Crippen LogP contribution in [0.2, 0.25) is 0 Å². The Balaban J connectivity index is 1.59. The molecule has 7 heteroatoms. The maximum absolute atomic E-state index is 12.0. The number of nitrogens with one attached hydrogen (secondary N) is 1. The highest BCUT2D eigenvalue weighted by atomic mass is 16.5. The Kier molecular flexibility index (Phi) is 4.98. The number of furan rings is 1. The Labute approximate surface area is 148 Å². The average Bonchev–Trinajstić information content (AvgIpc) is 3.07. The third-order valence-electron chi connectivity index (χ3n) is 3.55. The molecular weight excluding hydrogens is 336 g/mol. The number of hydrogen-bond acceptors (Lipinski definition) is 6. The first-order valence-corrected chi connectivity index (χ1v) is 7.82. The number of para-hydroxylation sites is 1. The van der Waals surface area contributed by atoms with E-state index in [0.29, 0.717) is 16.9 Å². The molecule has 7 nitrogen and oxygen atoms in total. The van der Waals surface area contributed by atoms with Gasteiger partial charge in [0.2, 0.25) is 0 Å². The highest BCUT2D eigenvalue weighted by molar-refractivity contribution is 5.96. The third-order valence-corrected chi connectivity index (χ3v) is 3.55. The Morgan fingerprint density at radius 2 is 1.92 bits per heavy atom. The first-order valence-electron chi connectivity index (χ1n) is 7.82. The third kappa shape index (κ3) is 4.07. The van der Waals surface area contributed by atoms with Crippen LogP contribution in [0.1, 0.15) is 23.0 Å². The van der Waals surface area contributed by atoms with Gasteiger partial charge in [-0.3, -0.25) is 4.79 Å². The van der Waals surface area contributed by atoms with Crippen molar-refractivity contribution in [2.75, 3.05) is 0 Å². The molecule has 1 heterocycles. The molecule has 3 aromatic rings. The van der Waals surface area contributed by atoms with Crippen LogP contribution < -0.4 is 15.3 Å². The minimum absolute atomic E-state index is 0.170. The second-order valence-electron chi connectivity index (χ2n) is 5.50. The lowest BCUT2D eigenvalue weighted by Crippen LogP contribution is -2.37. The van der Waals surface area contributed by atoms with E-state index < -0.39 is 18.0 Å². The first-order chi connectivity index (χ1) is 12.5. The minimum Gasteiger partial charge on any atom is -0.546 e. The number of carbonyl (C=O) groups is 2. The minimum atomic E-state index is -1.29. The zero-order valence-corrected chi connectivity index (χ0v) is 13.8. The van der Waals surface area contributed by atoms with Crippen LogP contribution in [0.25, 0.3) is 11.0 Å². The predicted octanol–water partition coefficient (Wildman–Crippen LogP) is 1.71. The summed E-state index contributed by atoms with van der Waals surface area (Å²) in [7, 11) is 0. The van der Waals surface area contributed by atoms with Gasteiger partial charge in [-0.1, -0.05) is 18.2 Å². The molecule has 0 spiro atoms. The summed E-state index contributed by atoms with van der Waals surface area (Å²) in [4.78, 5) is 22.7. The van der Waals surface area contributed by atoms with Crippen LogP contribution in [0.4, 0.5) is 0 Å². The van der Waals surface area contributed by atoms with E-state index in [0.717, 1.165) is 5.39 Å². The molecule has 0 bridgehead atoms. The lowest BCUT2D eigenvalue weighted by atomic mass is 10.2. The fourth-order valence-electron chi connectivity index (χ4n) is 2.20. The predicted molar refractivity (Wildman–Crippen MR) is 92.8 cm³/mol. The molecule has 1 atom stereocenters. The summed E-state index contributed by atoms with van der Waals surface area (Å²) in [6.45, 7) is 1.39. The number of aliphatic carboxylic acids is 1. The smallest absolute Gasteiger partial charge is 0.307 e. The van der Waals surface area contributed by atoms with Crippen molar-refractivity contribution < 1.29 is 23.8 Å². The number of nitrogens with zero attached hydrogens (tertiary/aromatic N) is 1. The van der Waals surface area contributed by atoms with Gasteiger partial charge < -0.3 is 19.1 Å². The molecule has 0 fully saturated rings. The molecule has 1 aromatic heterocycles. The van der Waals surface area contributed by atoms with E-state index in [1.165, 1.54) is 13.1 Å². The zero-order valence-electron chi connectivity index (χ0n) is 13.8. The number of rotatable bonds is 6. The molecular formula is C19H15N2O5-. The van der Waals surface area contributed by atoms with E-state index in [2.05, 4.69) is 10.5 Å². The number of amides is 1. The van der Waals surface area contributed by atoms with Gasteiger partial charge in [-0.05, 0) is 48.9 Å². The maximum atomic E-state index is 12.0. The summed E-state index contributed by atoms with van der Waals surface area (Å²) >= 11 is 0. The van der Waals surface area contributed by atoms with E-state index >= 15 is 0 Å². The van der Waals surface area contributed by atoms with Gasteiger partial charge in [-0.25, -0.2) is 5.43 Å². The van der Waals surface area contributed by atoms with E-state index in [4.69, 9.17) is 9.15 Å². The molecule has 0 saturated heterocycles. The maximum Gasteiger partial charge on any atom is 0.307 e. The fraction of sp³-hybridized carbons (Fsp3) is 0.105. The normalized spacial score (nSPS) is 12.2. The second kappa shape index (κ2) is 7.52. The molecule has 1 N–H and O–H groups in total. The summed E-state index contributed by atoms with van der Waals surface area (Å²) < 4.78 is 10.6. The molecule has 0 saturated carbocycles. The Hall–Kier alpha value is -3.61. The molecule has 3 rings (SSSR count). The molecule has 0 aliphatic rings. The number of benzene rings is 2. The van der Waals surface area contributed by atoms with E-state index in [1.54, 1.807) is 36.4 Å². The van der Waals surface area contributed by atoms with Crippen LogP contribution >= 0.6 is 0 Å². The molecule has 0 aliphatic heterocycles. The summed E-state index contributed by atoms with van der Waals surface area (Å²) in [6, 6.07) is 15.5. The van der Waals surface area contributed by atoms with Crippen molar-refractivity contribution in [3.63, 3.8) is 0 Å².